The second kappa shape index (κ2) is 5.71. The van der Waals surface area contributed by atoms with Crippen LogP contribution in [0.1, 0.15) is 5.56 Å². The summed E-state index contributed by atoms with van der Waals surface area (Å²) >= 11 is 3.42. The van der Waals surface area contributed by atoms with E-state index in [-0.39, 0.29) is 11.4 Å². The Hall–Kier alpha value is -2.08. The van der Waals surface area contributed by atoms with E-state index in [9.17, 15) is 15.2 Å². The van der Waals surface area contributed by atoms with Gasteiger partial charge in [0.15, 0.2) is 0 Å². The Morgan fingerprint density at radius 2 is 2.00 bits per heavy atom. The summed E-state index contributed by atoms with van der Waals surface area (Å²) in [5.41, 5.74) is 1.22. The van der Waals surface area contributed by atoms with E-state index in [1.807, 2.05) is 24.3 Å². The minimum absolute atomic E-state index is 0.127. The van der Waals surface area contributed by atoms with Gasteiger partial charge in [0, 0.05) is 11.0 Å². The number of nitro benzene ring substituents is 1. The molecule has 0 atom stereocenters. The van der Waals surface area contributed by atoms with Gasteiger partial charge in [0.25, 0.3) is 5.69 Å². The number of rotatable bonds is 4. The third kappa shape index (κ3) is 3.23. The predicted octanol–water partition coefficient (Wildman–Crippen LogP) is 3.68. The molecular formula is C13H11BrN2O3. The van der Waals surface area contributed by atoms with Gasteiger partial charge >= 0.3 is 0 Å². The Kier molecular flexibility index (Phi) is 4.01. The van der Waals surface area contributed by atoms with Crippen molar-refractivity contribution in [3.8, 4) is 5.75 Å². The zero-order chi connectivity index (χ0) is 13.8. The summed E-state index contributed by atoms with van der Waals surface area (Å²) in [6, 6.07) is 11.7. The summed E-state index contributed by atoms with van der Waals surface area (Å²) in [5.74, 6) is -0.127. The van der Waals surface area contributed by atoms with Crippen molar-refractivity contribution in [3.05, 3.63) is 62.6 Å². The number of nitrogens with one attached hydrogen (secondary N) is 1. The standard InChI is InChI=1S/C13H11BrN2O3/c14-11-4-2-1-3-9(11)8-15-12-6-5-10(17)7-13(12)16(18)19/h1-7,15,17H,8H2. The van der Waals surface area contributed by atoms with Crippen molar-refractivity contribution in [1.29, 1.82) is 0 Å². The molecule has 0 fully saturated rings. The van der Waals surface area contributed by atoms with Gasteiger partial charge in [-0.25, -0.2) is 0 Å². The van der Waals surface area contributed by atoms with Gasteiger partial charge in [-0.15, -0.1) is 0 Å². The molecule has 0 aliphatic carbocycles. The molecular weight excluding hydrogens is 312 g/mol. The molecule has 0 aliphatic rings. The van der Waals surface area contributed by atoms with Crippen LogP contribution >= 0.6 is 15.9 Å². The van der Waals surface area contributed by atoms with Crippen molar-refractivity contribution < 1.29 is 10.0 Å². The van der Waals surface area contributed by atoms with Crippen molar-refractivity contribution in [2.75, 3.05) is 5.32 Å². The number of nitro groups is 1. The summed E-state index contributed by atoms with van der Waals surface area (Å²) in [5, 5.41) is 23.2. The Bertz CT molecular complexity index is 617. The number of aromatic hydroxyl groups is 1. The predicted molar refractivity (Wildman–Crippen MR) is 76.2 cm³/mol. The summed E-state index contributed by atoms with van der Waals surface area (Å²) in [6.45, 7) is 0.451. The molecule has 19 heavy (non-hydrogen) atoms. The van der Waals surface area contributed by atoms with Crippen LogP contribution in [0.25, 0.3) is 0 Å². The van der Waals surface area contributed by atoms with Gasteiger partial charge in [0.05, 0.1) is 11.0 Å². The SMILES string of the molecule is O=[N+]([O-])c1cc(O)ccc1NCc1ccccc1Br. The molecule has 0 aromatic heterocycles. The molecule has 2 aromatic carbocycles. The smallest absolute Gasteiger partial charge is 0.296 e. The van der Waals surface area contributed by atoms with Gasteiger partial charge in [0.1, 0.15) is 11.4 Å². The maximum Gasteiger partial charge on any atom is 0.296 e. The maximum absolute atomic E-state index is 10.9. The third-order valence-corrected chi connectivity index (χ3v) is 3.38. The molecule has 2 N–H and O–H groups in total. The van der Waals surface area contributed by atoms with E-state index in [0.717, 1.165) is 16.1 Å². The number of phenols is 1. The number of hydrogen-bond donors (Lipinski definition) is 2. The molecule has 6 heteroatoms. The summed E-state index contributed by atoms with van der Waals surface area (Å²) < 4.78 is 0.934. The summed E-state index contributed by atoms with van der Waals surface area (Å²) in [4.78, 5) is 10.4. The zero-order valence-corrected chi connectivity index (χ0v) is 11.4. The molecule has 5 nitrogen and oxygen atoms in total. The lowest BCUT2D eigenvalue weighted by atomic mass is 10.2. The number of benzene rings is 2. The first-order chi connectivity index (χ1) is 9.08. The van der Waals surface area contributed by atoms with E-state index in [2.05, 4.69) is 21.2 Å². The highest BCUT2D eigenvalue weighted by Crippen LogP contribution is 2.29. The van der Waals surface area contributed by atoms with Crippen molar-refractivity contribution in [1.82, 2.24) is 0 Å². The molecule has 0 unspecified atom stereocenters. The third-order valence-electron chi connectivity index (χ3n) is 2.61. The fourth-order valence-electron chi connectivity index (χ4n) is 1.65. The van der Waals surface area contributed by atoms with Crippen LogP contribution in [0, 0.1) is 10.1 Å². The molecule has 0 spiro atoms. The van der Waals surface area contributed by atoms with E-state index in [1.165, 1.54) is 12.1 Å². The van der Waals surface area contributed by atoms with Crippen molar-refractivity contribution in [2.45, 2.75) is 6.54 Å². The molecule has 0 saturated carbocycles. The second-order valence-corrected chi connectivity index (χ2v) is 4.76. The number of anilines is 1. The van der Waals surface area contributed by atoms with Gasteiger partial charge in [-0.1, -0.05) is 34.1 Å². The second-order valence-electron chi connectivity index (χ2n) is 3.90. The number of nitrogens with zero attached hydrogens (tertiary/aromatic N) is 1. The Balaban J connectivity index is 2.20. The minimum atomic E-state index is -0.526. The summed E-state index contributed by atoms with van der Waals surface area (Å²) in [6.07, 6.45) is 0. The fourth-order valence-corrected chi connectivity index (χ4v) is 2.08. The van der Waals surface area contributed by atoms with Gasteiger partial charge in [0.2, 0.25) is 0 Å². The van der Waals surface area contributed by atoms with E-state index < -0.39 is 4.92 Å². The van der Waals surface area contributed by atoms with Gasteiger partial charge in [-0.2, -0.15) is 0 Å². The van der Waals surface area contributed by atoms with Crippen LogP contribution in [0.3, 0.4) is 0 Å². The first-order valence-corrected chi connectivity index (χ1v) is 6.32. The van der Waals surface area contributed by atoms with Crippen molar-refractivity contribution in [3.63, 3.8) is 0 Å². The first-order valence-electron chi connectivity index (χ1n) is 5.52. The van der Waals surface area contributed by atoms with E-state index in [1.54, 1.807) is 0 Å². The van der Waals surface area contributed by atoms with Gasteiger partial charge in [-0.05, 0) is 23.8 Å². The van der Waals surface area contributed by atoms with Crippen molar-refractivity contribution >= 4 is 27.3 Å². The number of phenolic OH excluding ortho intramolecular Hbond substituents is 1. The van der Waals surface area contributed by atoms with Gasteiger partial charge < -0.3 is 10.4 Å². The van der Waals surface area contributed by atoms with Crippen LogP contribution in [-0.4, -0.2) is 10.0 Å². The molecule has 2 rings (SSSR count). The highest BCUT2D eigenvalue weighted by Gasteiger charge is 2.14. The lowest BCUT2D eigenvalue weighted by Gasteiger charge is -2.08. The van der Waals surface area contributed by atoms with E-state index in [4.69, 9.17) is 0 Å². The maximum atomic E-state index is 10.9. The zero-order valence-electron chi connectivity index (χ0n) is 9.84. The van der Waals surface area contributed by atoms with Crippen LogP contribution in [0.2, 0.25) is 0 Å². The van der Waals surface area contributed by atoms with Crippen molar-refractivity contribution in [2.24, 2.45) is 0 Å². The minimum Gasteiger partial charge on any atom is -0.508 e. The number of hydrogen-bond acceptors (Lipinski definition) is 4. The molecule has 2 aromatic rings. The molecule has 0 amide bonds. The molecule has 0 aliphatic heterocycles. The largest absolute Gasteiger partial charge is 0.508 e. The average molecular weight is 323 g/mol. The Morgan fingerprint density at radius 3 is 2.68 bits per heavy atom. The molecule has 0 heterocycles. The number of halogens is 1. The normalized spacial score (nSPS) is 10.2. The Labute approximate surface area is 118 Å². The highest BCUT2D eigenvalue weighted by atomic mass is 79.9. The highest BCUT2D eigenvalue weighted by molar-refractivity contribution is 9.10. The molecule has 0 saturated heterocycles. The van der Waals surface area contributed by atoms with Crippen LogP contribution in [0.15, 0.2) is 46.9 Å². The summed E-state index contributed by atoms with van der Waals surface area (Å²) in [7, 11) is 0. The van der Waals surface area contributed by atoms with E-state index in [0.29, 0.717) is 12.2 Å². The topological polar surface area (TPSA) is 75.4 Å². The van der Waals surface area contributed by atoms with Crippen LogP contribution < -0.4 is 5.32 Å². The molecule has 98 valence electrons. The monoisotopic (exact) mass is 322 g/mol. The van der Waals surface area contributed by atoms with Crippen LogP contribution in [0.4, 0.5) is 11.4 Å². The molecule has 0 radical (unpaired) electrons. The van der Waals surface area contributed by atoms with Gasteiger partial charge in [-0.3, -0.25) is 10.1 Å². The average Bonchev–Trinajstić information content (AvgIpc) is 2.38. The lowest BCUT2D eigenvalue weighted by molar-refractivity contribution is -0.384. The lowest BCUT2D eigenvalue weighted by Crippen LogP contribution is -2.03. The molecule has 0 bridgehead atoms. The van der Waals surface area contributed by atoms with Crippen LogP contribution in [-0.2, 0) is 6.54 Å². The Morgan fingerprint density at radius 1 is 1.26 bits per heavy atom. The quantitative estimate of drug-likeness (QED) is 0.511. The van der Waals surface area contributed by atoms with Crippen LogP contribution in [0.5, 0.6) is 5.75 Å². The fraction of sp³-hybridized carbons (Fsp3) is 0.0769. The first kappa shape index (κ1) is 13.4. The van der Waals surface area contributed by atoms with E-state index >= 15 is 0 Å².